The summed E-state index contributed by atoms with van der Waals surface area (Å²) in [5.74, 6) is 0.573. The summed E-state index contributed by atoms with van der Waals surface area (Å²) in [5.41, 5.74) is 1.16. The topological polar surface area (TPSA) is 48.5 Å². The normalized spacial score (nSPS) is 25.7. The first-order chi connectivity index (χ1) is 12.1. The SMILES string of the molecule is C[C@H]1C[C@@H](C(=O)N(C)C2CCN(CCc3ccccn3)CC2)CCN1. The number of hydrogen-bond donors (Lipinski definition) is 1. The Morgan fingerprint density at radius 3 is 2.80 bits per heavy atom. The summed E-state index contributed by atoms with van der Waals surface area (Å²) in [5, 5.41) is 3.44. The molecule has 1 amide bonds. The first kappa shape index (κ1) is 18.3. The van der Waals surface area contributed by atoms with Crippen LogP contribution in [0.4, 0.5) is 0 Å². The Labute approximate surface area is 151 Å². The van der Waals surface area contributed by atoms with Crippen molar-refractivity contribution in [1.29, 1.82) is 0 Å². The van der Waals surface area contributed by atoms with Crippen LogP contribution in [-0.4, -0.2) is 66.0 Å². The second-order valence-corrected chi connectivity index (χ2v) is 7.67. The van der Waals surface area contributed by atoms with Crippen molar-refractivity contribution in [3.05, 3.63) is 30.1 Å². The third kappa shape index (κ3) is 5.02. The van der Waals surface area contributed by atoms with Crippen LogP contribution in [0.15, 0.2) is 24.4 Å². The summed E-state index contributed by atoms with van der Waals surface area (Å²) in [6, 6.07) is 6.98. The highest BCUT2D eigenvalue weighted by molar-refractivity contribution is 5.79. The summed E-state index contributed by atoms with van der Waals surface area (Å²) in [6.07, 6.45) is 7.01. The van der Waals surface area contributed by atoms with Gasteiger partial charge < -0.3 is 15.1 Å². The maximum absolute atomic E-state index is 12.8. The molecular formula is C20H32N4O. The molecule has 2 atom stereocenters. The lowest BCUT2D eigenvalue weighted by molar-refractivity contribution is -0.138. The molecule has 2 fully saturated rings. The van der Waals surface area contributed by atoms with Crippen LogP contribution < -0.4 is 5.32 Å². The zero-order chi connectivity index (χ0) is 17.6. The van der Waals surface area contributed by atoms with Crippen molar-refractivity contribution in [2.75, 3.05) is 33.2 Å². The first-order valence-electron chi connectivity index (χ1n) is 9.76. The van der Waals surface area contributed by atoms with Crippen molar-refractivity contribution in [1.82, 2.24) is 20.1 Å². The molecule has 1 aromatic rings. The van der Waals surface area contributed by atoms with Gasteiger partial charge in [-0.15, -0.1) is 0 Å². The molecule has 138 valence electrons. The highest BCUT2D eigenvalue weighted by Crippen LogP contribution is 2.22. The van der Waals surface area contributed by atoms with Crippen molar-refractivity contribution in [2.24, 2.45) is 5.92 Å². The molecule has 1 aromatic heterocycles. The lowest BCUT2D eigenvalue weighted by atomic mass is 9.91. The molecular weight excluding hydrogens is 312 g/mol. The summed E-state index contributed by atoms with van der Waals surface area (Å²) in [6.45, 7) is 6.37. The molecule has 0 saturated carbocycles. The molecule has 0 spiro atoms. The van der Waals surface area contributed by atoms with Gasteiger partial charge in [0.2, 0.25) is 5.91 Å². The molecule has 5 heteroatoms. The van der Waals surface area contributed by atoms with Gasteiger partial charge in [0.05, 0.1) is 0 Å². The average molecular weight is 345 g/mol. The lowest BCUT2D eigenvalue weighted by Gasteiger charge is -2.39. The van der Waals surface area contributed by atoms with Gasteiger partial charge in [-0.2, -0.15) is 0 Å². The standard InChI is InChI=1S/C20H32N4O/c1-16-15-17(6-11-21-16)20(25)23(2)19-8-13-24(14-9-19)12-7-18-5-3-4-10-22-18/h3-5,10,16-17,19,21H,6-9,11-15H2,1-2H3/t16-,17-/m0/s1. The largest absolute Gasteiger partial charge is 0.342 e. The van der Waals surface area contributed by atoms with Gasteiger partial charge in [-0.1, -0.05) is 6.07 Å². The zero-order valence-corrected chi connectivity index (χ0v) is 15.7. The fraction of sp³-hybridized carbons (Fsp3) is 0.700. The van der Waals surface area contributed by atoms with E-state index in [2.05, 4.69) is 39.2 Å². The van der Waals surface area contributed by atoms with Gasteiger partial charge >= 0.3 is 0 Å². The van der Waals surface area contributed by atoms with Crippen molar-refractivity contribution in [3.8, 4) is 0 Å². The van der Waals surface area contributed by atoms with Crippen molar-refractivity contribution in [3.63, 3.8) is 0 Å². The predicted octanol–water partition coefficient (Wildman–Crippen LogP) is 1.93. The molecule has 0 radical (unpaired) electrons. The van der Waals surface area contributed by atoms with E-state index < -0.39 is 0 Å². The number of carbonyl (C=O) groups is 1. The third-order valence-corrected chi connectivity index (χ3v) is 5.84. The fourth-order valence-corrected chi connectivity index (χ4v) is 4.17. The minimum Gasteiger partial charge on any atom is -0.342 e. The van der Waals surface area contributed by atoms with Gasteiger partial charge in [0.15, 0.2) is 0 Å². The van der Waals surface area contributed by atoms with Gasteiger partial charge in [0, 0.05) is 63.0 Å². The van der Waals surface area contributed by atoms with Crippen LogP contribution >= 0.6 is 0 Å². The number of nitrogens with one attached hydrogen (secondary N) is 1. The number of rotatable bonds is 5. The van der Waals surface area contributed by atoms with E-state index in [9.17, 15) is 4.79 Å². The Kier molecular flexibility index (Phi) is 6.43. The first-order valence-corrected chi connectivity index (χ1v) is 9.76. The van der Waals surface area contributed by atoms with Crippen LogP contribution in [0, 0.1) is 5.92 Å². The van der Waals surface area contributed by atoms with Crippen LogP contribution in [0.25, 0.3) is 0 Å². The van der Waals surface area contributed by atoms with E-state index in [0.717, 1.165) is 64.0 Å². The third-order valence-electron chi connectivity index (χ3n) is 5.84. The van der Waals surface area contributed by atoms with Crippen molar-refractivity contribution in [2.45, 2.75) is 51.1 Å². The zero-order valence-electron chi connectivity index (χ0n) is 15.7. The number of hydrogen-bond acceptors (Lipinski definition) is 4. The number of piperidine rings is 2. The molecule has 0 aliphatic carbocycles. The number of carbonyl (C=O) groups excluding carboxylic acids is 1. The van der Waals surface area contributed by atoms with Crippen LogP contribution in [0.2, 0.25) is 0 Å². The Hall–Kier alpha value is -1.46. The number of nitrogens with zero attached hydrogens (tertiary/aromatic N) is 3. The molecule has 0 unspecified atom stereocenters. The van der Waals surface area contributed by atoms with Gasteiger partial charge in [-0.25, -0.2) is 0 Å². The smallest absolute Gasteiger partial charge is 0.225 e. The van der Waals surface area contributed by atoms with Gasteiger partial charge in [0.25, 0.3) is 0 Å². The van der Waals surface area contributed by atoms with E-state index in [-0.39, 0.29) is 5.92 Å². The van der Waals surface area contributed by atoms with E-state index in [0.29, 0.717) is 18.0 Å². The highest BCUT2D eigenvalue weighted by Gasteiger charge is 2.31. The predicted molar refractivity (Wildman–Crippen MR) is 100 cm³/mol. The number of aromatic nitrogens is 1. The summed E-state index contributed by atoms with van der Waals surface area (Å²) in [4.78, 5) is 21.8. The number of likely N-dealkylation sites (tertiary alicyclic amines) is 1. The second-order valence-electron chi connectivity index (χ2n) is 7.67. The summed E-state index contributed by atoms with van der Waals surface area (Å²) >= 11 is 0. The molecule has 3 heterocycles. The van der Waals surface area contributed by atoms with Crippen LogP contribution in [-0.2, 0) is 11.2 Å². The Bertz CT molecular complexity index is 542. The molecule has 0 aromatic carbocycles. The molecule has 5 nitrogen and oxygen atoms in total. The number of pyridine rings is 1. The molecule has 25 heavy (non-hydrogen) atoms. The average Bonchev–Trinajstić information content (AvgIpc) is 2.66. The van der Waals surface area contributed by atoms with Crippen LogP contribution in [0.5, 0.6) is 0 Å². The maximum atomic E-state index is 12.8. The Morgan fingerprint density at radius 1 is 1.32 bits per heavy atom. The highest BCUT2D eigenvalue weighted by atomic mass is 16.2. The fourth-order valence-electron chi connectivity index (χ4n) is 4.17. The van der Waals surface area contributed by atoms with E-state index in [1.54, 1.807) is 0 Å². The minimum atomic E-state index is 0.212. The molecule has 2 aliphatic rings. The van der Waals surface area contributed by atoms with Crippen LogP contribution in [0.3, 0.4) is 0 Å². The maximum Gasteiger partial charge on any atom is 0.225 e. The van der Waals surface area contributed by atoms with Gasteiger partial charge in [-0.3, -0.25) is 9.78 Å². The Morgan fingerprint density at radius 2 is 2.12 bits per heavy atom. The monoisotopic (exact) mass is 344 g/mol. The van der Waals surface area contributed by atoms with E-state index in [1.165, 1.54) is 0 Å². The van der Waals surface area contributed by atoms with Gasteiger partial charge in [-0.05, 0) is 51.3 Å². The lowest BCUT2D eigenvalue weighted by Crippen LogP contribution is -2.49. The van der Waals surface area contributed by atoms with E-state index in [1.807, 2.05) is 19.3 Å². The van der Waals surface area contributed by atoms with Crippen molar-refractivity contribution >= 4 is 5.91 Å². The summed E-state index contributed by atoms with van der Waals surface area (Å²) < 4.78 is 0. The molecule has 2 aliphatic heterocycles. The molecule has 2 saturated heterocycles. The quantitative estimate of drug-likeness (QED) is 0.887. The molecule has 3 rings (SSSR count). The van der Waals surface area contributed by atoms with Crippen molar-refractivity contribution < 1.29 is 4.79 Å². The second kappa shape index (κ2) is 8.77. The van der Waals surface area contributed by atoms with E-state index >= 15 is 0 Å². The Balaban J connectivity index is 1.42. The number of amides is 1. The minimum absolute atomic E-state index is 0.212. The van der Waals surface area contributed by atoms with Crippen LogP contribution in [0.1, 0.15) is 38.3 Å². The molecule has 0 bridgehead atoms. The molecule has 1 N–H and O–H groups in total. The summed E-state index contributed by atoms with van der Waals surface area (Å²) in [7, 11) is 2.02. The van der Waals surface area contributed by atoms with Gasteiger partial charge in [0.1, 0.15) is 0 Å². The van der Waals surface area contributed by atoms with E-state index in [4.69, 9.17) is 0 Å².